The van der Waals surface area contributed by atoms with E-state index in [-0.39, 0.29) is 4.90 Å². The molecule has 7 nitrogen and oxygen atoms in total. The lowest BCUT2D eigenvalue weighted by atomic mass is 10.2. The third-order valence-corrected chi connectivity index (χ3v) is 5.81. The van der Waals surface area contributed by atoms with Gasteiger partial charge in [0.2, 0.25) is 10.0 Å². The van der Waals surface area contributed by atoms with Crippen molar-refractivity contribution in [1.29, 1.82) is 0 Å². The van der Waals surface area contributed by atoms with Crippen LogP contribution < -0.4 is 10.5 Å². The van der Waals surface area contributed by atoms with Crippen LogP contribution in [0, 0.1) is 0 Å². The number of primary sulfonamides is 1. The third-order valence-electron chi connectivity index (χ3n) is 4.89. The first kappa shape index (κ1) is 21.3. The molecule has 3 N–H and O–H groups in total. The van der Waals surface area contributed by atoms with E-state index < -0.39 is 10.0 Å². The smallest absolute Gasteiger partial charge is 0.238 e. The Hall–Kier alpha value is -2.42. The van der Waals surface area contributed by atoms with E-state index in [1.807, 2.05) is 19.1 Å². The molecule has 0 bridgehead atoms. The summed E-state index contributed by atoms with van der Waals surface area (Å²) in [7, 11) is -3.71. The van der Waals surface area contributed by atoms with Crippen molar-refractivity contribution >= 4 is 16.0 Å². The SMILES string of the molecule is CCNC(=NCc1cccc(S(N)(=O)=O)c1)N1CCN(Cc2ccccc2)CC1. The van der Waals surface area contributed by atoms with E-state index in [0.717, 1.165) is 50.8 Å². The molecule has 0 radical (unpaired) electrons. The van der Waals surface area contributed by atoms with Gasteiger partial charge in [0.1, 0.15) is 0 Å². The maximum Gasteiger partial charge on any atom is 0.238 e. The minimum atomic E-state index is -3.71. The van der Waals surface area contributed by atoms with Gasteiger partial charge in [0.15, 0.2) is 5.96 Å². The number of hydrogen-bond donors (Lipinski definition) is 2. The fraction of sp³-hybridized carbons (Fsp3) is 0.381. The molecule has 29 heavy (non-hydrogen) atoms. The Kier molecular flexibility index (Phi) is 7.24. The number of hydrogen-bond acceptors (Lipinski definition) is 4. The topological polar surface area (TPSA) is 91.0 Å². The van der Waals surface area contributed by atoms with Crippen LogP contribution in [0.5, 0.6) is 0 Å². The normalized spacial score (nSPS) is 16.1. The molecule has 0 unspecified atom stereocenters. The molecule has 2 aromatic rings. The van der Waals surface area contributed by atoms with Gasteiger partial charge >= 0.3 is 0 Å². The summed E-state index contributed by atoms with van der Waals surface area (Å²) in [4.78, 5) is 9.54. The molecule has 156 valence electrons. The number of sulfonamides is 1. The highest BCUT2D eigenvalue weighted by Crippen LogP contribution is 2.12. The molecular weight excluding hydrogens is 386 g/mol. The number of piperazine rings is 1. The van der Waals surface area contributed by atoms with E-state index in [9.17, 15) is 8.42 Å². The summed E-state index contributed by atoms with van der Waals surface area (Å²) >= 11 is 0. The molecule has 0 spiro atoms. The van der Waals surface area contributed by atoms with Crippen molar-refractivity contribution in [3.05, 3.63) is 65.7 Å². The molecule has 0 saturated carbocycles. The van der Waals surface area contributed by atoms with Crippen molar-refractivity contribution in [3.63, 3.8) is 0 Å². The molecular formula is C21H29N5O2S. The highest BCUT2D eigenvalue weighted by molar-refractivity contribution is 7.89. The average molecular weight is 416 g/mol. The molecule has 1 aliphatic rings. The fourth-order valence-corrected chi connectivity index (χ4v) is 3.96. The zero-order valence-electron chi connectivity index (χ0n) is 16.8. The number of nitrogens with zero attached hydrogens (tertiary/aromatic N) is 3. The summed E-state index contributed by atoms with van der Waals surface area (Å²) in [5.74, 6) is 0.855. The maximum atomic E-state index is 11.6. The van der Waals surface area contributed by atoms with Gasteiger partial charge in [-0.2, -0.15) is 0 Å². The molecule has 1 heterocycles. The van der Waals surface area contributed by atoms with Crippen LogP contribution in [0.15, 0.2) is 64.5 Å². The van der Waals surface area contributed by atoms with Crippen molar-refractivity contribution < 1.29 is 8.42 Å². The molecule has 0 aliphatic carbocycles. The van der Waals surface area contributed by atoms with Gasteiger partial charge in [-0.05, 0) is 30.2 Å². The zero-order chi connectivity index (χ0) is 20.7. The molecule has 2 aromatic carbocycles. The van der Waals surface area contributed by atoms with Crippen LogP contribution in [-0.2, 0) is 23.1 Å². The Morgan fingerprint density at radius 3 is 2.38 bits per heavy atom. The van der Waals surface area contributed by atoms with E-state index in [0.29, 0.717) is 6.54 Å². The van der Waals surface area contributed by atoms with Gasteiger partial charge in [-0.15, -0.1) is 0 Å². The van der Waals surface area contributed by atoms with E-state index in [2.05, 4.69) is 39.4 Å². The first-order valence-corrected chi connectivity index (χ1v) is 11.4. The second-order valence-electron chi connectivity index (χ2n) is 7.11. The summed E-state index contributed by atoms with van der Waals surface area (Å²) in [6.07, 6.45) is 0. The maximum absolute atomic E-state index is 11.6. The van der Waals surface area contributed by atoms with E-state index >= 15 is 0 Å². The highest BCUT2D eigenvalue weighted by atomic mass is 32.2. The van der Waals surface area contributed by atoms with Gasteiger partial charge in [0.25, 0.3) is 0 Å². The number of nitrogens with one attached hydrogen (secondary N) is 1. The highest BCUT2D eigenvalue weighted by Gasteiger charge is 2.19. The predicted octanol–water partition coefficient (Wildman–Crippen LogP) is 1.62. The van der Waals surface area contributed by atoms with Crippen LogP contribution in [0.2, 0.25) is 0 Å². The summed E-state index contributed by atoms with van der Waals surface area (Å²) in [6.45, 7) is 7.92. The van der Waals surface area contributed by atoms with Gasteiger partial charge in [0, 0.05) is 39.3 Å². The van der Waals surface area contributed by atoms with Crippen molar-refractivity contribution in [3.8, 4) is 0 Å². The van der Waals surface area contributed by atoms with Crippen molar-refractivity contribution in [2.75, 3.05) is 32.7 Å². The monoisotopic (exact) mass is 415 g/mol. The van der Waals surface area contributed by atoms with Crippen LogP contribution in [0.25, 0.3) is 0 Å². The molecule has 0 atom stereocenters. The first-order valence-electron chi connectivity index (χ1n) is 9.87. The van der Waals surface area contributed by atoms with Gasteiger partial charge in [-0.1, -0.05) is 42.5 Å². The number of nitrogens with two attached hydrogens (primary N) is 1. The van der Waals surface area contributed by atoms with Crippen LogP contribution in [0.4, 0.5) is 0 Å². The lowest BCUT2D eigenvalue weighted by molar-refractivity contribution is 0.172. The predicted molar refractivity (Wildman–Crippen MR) is 116 cm³/mol. The number of benzene rings is 2. The average Bonchev–Trinajstić information content (AvgIpc) is 2.72. The zero-order valence-corrected chi connectivity index (χ0v) is 17.6. The molecule has 1 aliphatic heterocycles. The van der Waals surface area contributed by atoms with Gasteiger partial charge in [-0.25, -0.2) is 18.5 Å². The lowest BCUT2D eigenvalue weighted by Gasteiger charge is -2.36. The minimum Gasteiger partial charge on any atom is -0.357 e. The number of rotatable bonds is 6. The Balaban J connectivity index is 1.61. The molecule has 1 saturated heterocycles. The van der Waals surface area contributed by atoms with Crippen molar-refractivity contribution in [2.45, 2.75) is 24.9 Å². The van der Waals surface area contributed by atoms with E-state index in [1.54, 1.807) is 12.1 Å². The lowest BCUT2D eigenvalue weighted by Crippen LogP contribution is -2.52. The quantitative estimate of drug-likeness (QED) is 0.553. The third kappa shape index (κ3) is 6.28. The van der Waals surface area contributed by atoms with Crippen LogP contribution in [-0.4, -0.2) is 56.9 Å². The second-order valence-corrected chi connectivity index (χ2v) is 8.67. The van der Waals surface area contributed by atoms with Gasteiger partial charge in [0.05, 0.1) is 11.4 Å². The number of guanidine groups is 1. The van der Waals surface area contributed by atoms with Crippen LogP contribution >= 0.6 is 0 Å². The van der Waals surface area contributed by atoms with Crippen molar-refractivity contribution in [2.24, 2.45) is 10.1 Å². The minimum absolute atomic E-state index is 0.115. The summed E-state index contributed by atoms with van der Waals surface area (Å²) in [5.41, 5.74) is 2.14. The Bertz CT molecular complexity index is 923. The Morgan fingerprint density at radius 2 is 1.72 bits per heavy atom. The summed E-state index contributed by atoms with van der Waals surface area (Å²) in [6, 6.07) is 17.2. The molecule has 0 aromatic heterocycles. The Morgan fingerprint density at radius 1 is 1.03 bits per heavy atom. The molecule has 3 rings (SSSR count). The van der Waals surface area contributed by atoms with Gasteiger partial charge in [-0.3, -0.25) is 4.90 Å². The molecule has 0 amide bonds. The van der Waals surface area contributed by atoms with Gasteiger partial charge < -0.3 is 10.2 Å². The van der Waals surface area contributed by atoms with Crippen LogP contribution in [0.3, 0.4) is 0 Å². The molecule has 1 fully saturated rings. The fourth-order valence-electron chi connectivity index (χ4n) is 3.37. The standard InChI is InChI=1S/C21H29N5O2S/c1-2-23-21(24-16-19-9-6-10-20(15-19)29(22,27)28)26-13-11-25(12-14-26)17-18-7-4-3-5-8-18/h3-10,15H,2,11-14,16-17H2,1H3,(H,23,24)(H2,22,27,28). The summed E-state index contributed by atoms with van der Waals surface area (Å²) < 4.78 is 23.1. The van der Waals surface area contributed by atoms with E-state index in [1.165, 1.54) is 11.6 Å². The second kappa shape index (κ2) is 9.87. The molecule has 8 heteroatoms. The van der Waals surface area contributed by atoms with Crippen LogP contribution in [0.1, 0.15) is 18.1 Å². The van der Waals surface area contributed by atoms with Crippen molar-refractivity contribution in [1.82, 2.24) is 15.1 Å². The van der Waals surface area contributed by atoms with E-state index in [4.69, 9.17) is 10.1 Å². The first-order chi connectivity index (χ1) is 14.0. The Labute approximate surface area is 173 Å². The largest absolute Gasteiger partial charge is 0.357 e. The summed E-state index contributed by atoms with van der Waals surface area (Å²) in [5, 5.41) is 8.57. The number of aliphatic imine (C=N–C) groups is 1.